The molecule has 2 N–H and O–H groups in total. The van der Waals surface area contributed by atoms with Crippen LogP contribution in [0.15, 0.2) is 23.2 Å². The highest BCUT2D eigenvalue weighted by molar-refractivity contribution is 5.79. The van der Waals surface area contributed by atoms with E-state index >= 15 is 0 Å². The van der Waals surface area contributed by atoms with Gasteiger partial charge in [0, 0.05) is 26.7 Å². The van der Waals surface area contributed by atoms with Crippen LogP contribution in [0.2, 0.25) is 0 Å². The molecule has 1 aromatic rings. The van der Waals surface area contributed by atoms with Crippen LogP contribution in [0.3, 0.4) is 0 Å². The second-order valence-corrected chi connectivity index (χ2v) is 5.99. The van der Waals surface area contributed by atoms with Gasteiger partial charge in [0.2, 0.25) is 0 Å². The van der Waals surface area contributed by atoms with Gasteiger partial charge in [-0.3, -0.25) is 4.99 Å². The van der Waals surface area contributed by atoms with Crippen molar-refractivity contribution in [2.24, 2.45) is 4.99 Å². The van der Waals surface area contributed by atoms with E-state index in [2.05, 4.69) is 40.7 Å². The van der Waals surface area contributed by atoms with Crippen LogP contribution in [0, 0.1) is 6.92 Å². The van der Waals surface area contributed by atoms with Gasteiger partial charge < -0.3 is 20.1 Å². The van der Waals surface area contributed by atoms with Gasteiger partial charge in [0.1, 0.15) is 5.75 Å². The van der Waals surface area contributed by atoms with Gasteiger partial charge >= 0.3 is 0 Å². The molecule has 0 aromatic heterocycles. The molecule has 1 saturated heterocycles. The van der Waals surface area contributed by atoms with E-state index in [-0.39, 0.29) is 5.60 Å². The molecule has 0 spiro atoms. The smallest absolute Gasteiger partial charge is 0.191 e. The van der Waals surface area contributed by atoms with Crippen molar-refractivity contribution in [2.45, 2.75) is 38.8 Å². The van der Waals surface area contributed by atoms with Gasteiger partial charge in [-0.15, -0.1) is 0 Å². The zero-order valence-corrected chi connectivity index (χ0v) is 14.0. The van der Waals surface area contributed by atoms with Crippen molar-refractivity contribution >= 4 is 5.96 Å². The number of benzene rings is 1. The van der Waals surface area contributed by atoms with Crippen LogP contribution >= 0.6 is 0 Å². The van der Waals surface area contributed by atoms with Gasteiger partial charge in [-0.2, -0.15) is 0 Å². The number of ether oxygens (including phenoxy) is 2. The third-order valence-corrected chi connectivity index (χ3v) is 4.09. The van der Waals surface area contributed by atoms with Crippen molar-refractivity contribution < 1.29 is 9.47 Å². The number of hydrogen-bond acceptors (Lipinski definition) is 3. The first-order chi connectivity index (χ1) is 10.6. The zero-order valence-electron chi connectivity index (χ0n) is 14.0. The Morgan fingerprint density at radius 1 is 1.41 bits per heavy atom. The van der Waals surface area contributed by atoms with Crippen LogP contribution in [-0.2, 0) is 11.3 Å². The first kappa shape index (κ1) is 16.6. The lowest BCUT2D eigenvalue weighted by molar-refractivity contribution is 0.0243. The molecule has 22 heavy (non-hydrogen) atoms. The molecule has 0 amide bonds. The number of rotatable bonds is 5. The molecule has 0 bridgehead atoms. The second kappa shape index (κ2) is 7.49. The van der Waals surface area contributed by atoms with E-state index in [1.165, 1.54) is 0 Å². The van der Waals surface area contributed by atoms with Gasteiger partial charge in [-0.25, -0.2) is 0 Å². The Labute approximate surface area is 133 Å². The van der Waals surface area contributed by atoms with Gasteiger partial charge in [0.05, 0.1) is 12.7 Å². The van der Waals surface area contributed by atoms with E-state index in [1.54, 1.807) is 14.2 Å². The van der Waals surface area contributed by atoms with Crippen LogP contribution in [0.1, 0.15) is 30.9 Å². The molecule has 0 saturated carbocycles. The normalized spacial score (nSPS) is 21.7. The summed E-state index contributed by atoms with van der Waals surface area (Å²) in [5, 5.41) is 6.67. The maximum atomic E-state index is 5.78. The number of hydrogen-bond donors (Lipinski definition) is 2. The Hall–Kier alpha value is -1.75. The van der Waals surface area contributed by atoms with Gasteiger partial charge in [-0.1, -0.05) is 12.1 Å². The molecule has 5 nitrogen and oxygen atoms in total. The molecule has 1 unspecified atom stereocenters. The molecule has 1 aliphatic rings. The SMILES string of the molecule is CN=C(NCc1ccc(C)c(OC)c1)NCC1(C)CCCO1. The number of guanidine groups is 1. The summed E-state index contributed by atoms with van der Waals surface area (Å²) in [6.07, 6.45) is 2.22. The van der Waals surface area contributed by atoms with E-state index in [0.717, 1.165) is 48.8 Å². The molecule has 5 heteroatoms. The summed E-state index contributed by atoms with van der Waals surface area (Å²) in [4.78, 5) is 4.26. The highest BCUT2D eigenvalue weighted by Crippen LogP contribution is 2.23. The number of nitrogens with zero attached hydrogens (tertiary/aromatic N) is 1. The van der Waals surface area contributed by atoms with E-state index in [1.807, 2.05) is 6.92 Å². The maximum Gasteiger partial charge on any atom is 0.191 e. The molecule has 122 valence electrons. The lowest BCUT2D eigenvalue weighted by Gasteiger charge is -2.24. The summed E-state index contributed by atoms with van der Waals surface area (Å²) in [5.74, 6) is 1.70. The third kappa shape index (κ3) is 4.37. The van der Waals surface area contributed by atoms with E-state index in [0.29, 0.717) is 6.54 Å². The Bertz CT molecular complexity index is 523. The van der Waals surface area contributed by atoms with E-state index in [9.17, 15) is 0 Å². The Morgan fingerprint density at radius 3 is 2.86 bits per heavy atom. The fraction of sp³-hybridized carbons (Fsp3) is 0.588. The second-order valence-electron chi connectivity index (χ2n) is 5.99. The highest BCUT2D eigenvalue weighted by atomic mass is 16.5. The van der Waals surface area contributed by atoms with Crippen molar-refractivity contribution in [1.29, 1.82) is 0 Å². The summed E-state index contributed by atoms with van der Waals surface area (Å²) in [5.41, 5.74) is 2.22. The Balaban J connectivity index is 1.86. The fourth-order valence-electron chi connectivity index (χ4n) is 2.63. The molecule has 2 rings (SSSR count). The lowest BCUT2D eigenvalue weighted by Crippen LogP contribution is -2.45. The average Bonchev–Trinajstić information content (AvgIpc) is 2.96. The topological polar surface area (TPSA) is 54.9 Å². The predicted molar refractivity (Wildman–Crippen MR) is 89.5 cm³/mol. The molecular weight excluding hydrogens is 278 g/mol. The number of methoxy groups -OCH3 is 1. The van der Waals surface area contributed by atoms with Crippen molar-refractivity contribution in [2.75, 3.05) is 27.3 Å². The average molecular weight is 305 g/mol. The van der Waals surface area contributed by atoms with Crippen LogP contribution in [-0.4, -0.2) is 38.9 Å². The Morgan fingerprint density at radius 2 is 2.23 bits per heavy atom. The molecular formula is C17H27N3O2. The number of aryl methyl sites for hydroxylation is 1. The quantitative estimate of drug-likeness (QED) is 0.647. The van der Waals surface area contributed by atoms with Crippen molar-refractivity contribution in [1.82, 2.24) is 10.6 Å². The minimum atomic E-state index is -0.0787. The monoisotopic (exact) mass is 305 g/mol. The highest BCUT2D eigenvalue weighted by Gasteiger charge is 2.29. The van der Waals surface area contributed by atoms with Gasteiger partial charge in [0.15, 0.2) is 5.96 Å². The van der Waals surface area contributed by atoms with Crippen LogP contribution in [0.5, 0.6) is 5.75 Å². The van der Waals surface area contributed by atoms with Crippen molar-refractivity contribution in [3.05, 3.63) is 29.3 Å². The van der Waals surface area contributed by atoms with E-state index in [4.69, 9.17) is 9.47 Å². The molecule has 1 fully saturated rings. The fourth-order valence-corrected chi connectivity index (χ4v) is 2.63. The summed E-state index contributed by atoms with van der Waals surface area (Å²) >= 11 is 0. The number of nitrogens with one attached hydrogen (secondary N) is 2. The molecule has 1 aromatic carbocycles. The summed E-state index contributed by atoms with van der Waals surface area (Å²) in [7, 11) is 3.48. The summed E-state index contributed by atoms with van der Waals surface area (Å²) < 4.78 is 11.1. The molecule has 1 heterocycles. The molecule has 0 radical (unpaired) electrons. The first-order valence-corrected chi connectivity index (χ1v) is 7.78. The van der Waals surface area contributed by atoms with Crippen molar-refractivity contribution in [3.63, 3.8) is 0 Å². The molecule has 1 atom stereocenters. The summed E-state index contributed by atoms with van der Waals surface area (Å²) in [6.45, 7) is 6.51. The number of aliphatic imine (C=N–C) groups is 1. The largest absolute Gasteiger partial charge is 0.496 e. The third-order valence-electron chi connectivity index (χ3n) is 4.09. The van der Waals surface area contributed by atoms with Crippen molar-refractivity contribution in [3.8, 4) is 5.75 Å². The van der Waals surface area contributed by atoms with E-state index < -0.39 is 0 Å². The molecule has 1 aliphatic heterocycles. The van der Waals surface area contributed by atoms with Crippen LogP contribution < -0.4 is 15.4 Å². The predicted octanol–water partition coefficient (Wildman–Crippen LogP) is 2.24. The van der Waals surface area contributed by atoms with Gasteiger partial charge in [0.25, 0.3) is 0 Å². The van der Waals surface area contributed by atoms with Crippen LogP contribution in [0.25, 0.3) is 0 Å². The minimum Gasteiger partial charge on any atom is -0.496 e. The zero-order chi connectivity index (χ0) is 16.0. The van der Waals surface area contributed by atoms with Gasteiger partial charge in [-0.05, 0) is 43.9 Å². The minimum absolute atomic E-state index is 0.0787. The first-order valence-electron chi connectivity index (χ1n) is 7.78. The maximum absolute atomic E-state index is 5.78. The van der Waals surface area contributed by atoms with Crippen LogP contribution in [0.4, 0.5) is 0 Å². The Kier molecular flexibility index (Phi) is 5.66. The molecule has 0 aliphatic carbocycles. The summed E-state index contributed by atoms with van der Waals surface area (Å²) in [6, 6.07) is 6.22. The standard InChI is InChI=1S/C17H27N3O2/c1-13-6-7-14(10-15(13)21-4)11-19-16(18-3)20-12-17(2)8-5-9-22-17/h6-7,10H,5,8-9,11-12H2,1-4H3,(H2,18,19,20). The lowest BCUT2D eigenvalue weighted by atomic mass is 10.0.